The molecular formula is C16H23ClN4O3. The Morgan fingerprint density at radius 2 is 2.12 bits per heavy atom. The summed E-state index contributed by atoms with van der Waals surface area (Å²) in [6.45, 7) is 5.20. The number of hydrogen-bond acceptors (Lipinski definition) is 6. The number of ether oxygens (including phenoxy) is 2. The predicted molar refractivity (Wildman–Crippen MR) is 90.2 cm³/mol. The van der Waals surface area contributed by atoms with Gasteiger partial charge < -0.3 is 19.3 Å². The van der Waals surface area contributed by atoms with E-state index in [-0.39, 0.29) is 11.5 Å². The van der Waals surface area contributed by atoms with E-state index in [4.69, 9.17) is 21.1 Å². The van der Waals surface area contributed by atoms with Gasteiger partial charge in [-0.1, -0.05) is 11.6 Å². The second kappa shape index (κ2) is 7.21. The van der Waals surface area contributed by atoms with Gasteiger partial charge in [0.2, 0.25) is 0 Å². The molecule has 3 heterocycles. The third kappa shape index (κ3) is 3.63. The highest BCUT2D eigenvalue weighted by atomic mass is 35.5. The molecule has 2 aliphatic heterocycles. The van der Waals surface area contributed by atoms with Crippen LogP contribution in [0.4, 0.5) is 5.82 Å². The van der Waals surface area contributed by atoms with Crippen LogP contribution in [0.2, 0.25) is 5.15 Å². The van der Waals surface area contributed by atoms with Crippen molar-refractivity contribution in [1.82, 2.24) is 14.9 Å². The smallest absolute Gasteiger partial charge is 0.251 e. The van der Waals surface area contributed by atoms with Crippen molar-refractivity contribution < 1.29 is 14.3 Å². The highest BCUT2D eigenvalue weighted by molar-refractivity contribution is 6.29. The summed E-state index contributed by atoms with van der Waals surface area (Å²) < 4.78 is 11.2. The zero-order valence-electron chi connectivity index (χ0n) is 14.1. The maximum absolute atomic E-state index is 12.4. The second-order valence-corrected chi connectivity index (χ2v) is 6.74. The number of anilines is 1. The number of amides is 1. The van der Waals surface area contributed by atoms with Gasteiger partial charge in [-0.3, -0.25) is 9.78 Å². The molecule has 0 bridgehead atoms. The van der Waals surface area contributed by atoms with Crippen LogP contribution in [-0.4, -0.2) is 72.4 Å². The Morgan fingerprint density at radius 3 is 2.79 bits per heavy atom. The van der Waals surface area contributed by atoms with Crippen molar-refractivity contribution in [2.24, 2.45) is 0 Å². The molecule has 2 saturated heterocycles. The van der Waals surface area contributed by atoms with Crippen molar-refractivity contribution in [3.05, 3.63) is 17.5 Å². The number of morpholine rings is 1. The molecule has 1 atom stereocenters. The minimum atomic E-state index is -0.415. The monoisotopic (exact) mass is 354 g/mol. The molecule has 1 spiro atoms. The van der Waals surface area contributed by atoms with Crippen molar-refractivity contribution in [1.29, 1.82) is 0 Å². The Bertz CT molecular complexity index is 592. The van der Waals surface area contributed by atoms with Gasteiger partial charge in [0.15, 0.2) is 0 Å². The number of carbonyl (C=O) groups is 1. The molecule has 2 aliphatic rings. The predicted octanol–water partition coefficient (Wildman–Crippen LogP) is 1.36. The Balaban J connectivity index is 1.63. The van der Waals surface area contributed by atoms with E-state index in [2.05, 4.69) is 14.9 Å². The largest absolute Gasteiger partial charge is 0.372 e. The number of carbonyl (C=O) groups excluding carboxylic acids is 1. The quantitative estimate of drug-likeness (QED) is 0.816. The van der Waals surface area contributed by atoms with Crippen molar-refractivity contribution in [2.45, 2.75) is 31.5 Å². The van der Waals surface area contributed by atoms with Crippen molar-refractivity contribution in [2.75, 3.05) is 44.8 Å². The highest BCUT2D eigenvalue weighted by Crippen LogP contribution is 2.32. The zero-order chi connectivity index (χ0) is 17.2. The average molecular weight is 355 g/mol. The number of aromatic nitrogens is 2. The van der Waals surface area contributed by atoms with Crippen molar-refractivity contribution >= 4 is 23.3 Å². The topological polar surface area (TPSA) is 67.8 Å². The molecule has 0 radical (unpaired) electrons. The Kier molecular flexibility index (Phi) is 5.22. The first-order valence-electron chi connectivity index (χ1n) is 8.21. The third-order valence-electron chi connectivity index (χ3n) is 4.85. The maximum atomic E-state index is 12.4. The number of piperidine rings is 1. The number of nitrogens with zero attached hydrogens (tertiary/aromatic N) is 4. The van der Waals surface area contributed by atoms with Gasteiger partial charge in [-0.15, -0.1) is 0 Å². The van der Waals surface area contributed by atoms with E-state index in [1.807, 2.05) is 4.90 Å². The summed E-state index contributed by atoms with van der Waals surface area (Å²) in [6, 6.07) is 0. The number of rotatable bonds is 3. The molecule has 8 heteroatoms. The van der Waals surface area contributed by atoms with Crippen LogP contribution < -0.4 is 4.90 Å². The van der Waals surface area contributed by atoms with Crippen LogP contribution in [0, 0.1) is 0 Å². The Morgan fingerprint density at radius 1 is 1.38 bits per heavy atom. The van der Waals surface area contributed by atoms with Crippen LogP contribution in [0.15, 0.2) is 12.4 Å². The van der Waals surface area contributed by atoms with Gasteiger partial charge in [0, 0.05) is 33.3 Å². The fourth-order valence-corrected chi connectivity index (χ4v) is 3.46. The van der Waals surface area contributed by atoms with Gasteiger partial charge in [-0.25, -0.2) is 4.98 Å². The minimum Gasteiger partial charge on any atom is -0.372 e. The zero-order valence-corrected chi connectivity index (χ0v) is 14.8. The molecule has 132 valence electrons. The molecular weight excluding hydrogens is 332 g/mol. The van der Waals surface area contributed by atoms with Gasteiger partial charge in [0.05, 0.1) is 24.6 Å². The second-order valence-electron chi connectivity index (χ2n) is 6.36. The lowest BCUT2D eigenvalue weighted by Crippen LogP contribution is -2.59. The summed E-state index contributed by atoms with van der Waals surface area (Å²) in [6.07, 6.45) is 4.52. The van der Waals surface area contributed by atoms with Crippen LogP contribution in [0.3, 0.4) is 0 Å². The Hall–Kier alpha value is -1.44. The van der Waals surface area contributed by atoms with Gasteiger partial charge in [0.1, 0.15) is 17.1 Å². The molecule has 3 rings (SSSR count). The first kappa shape index (κ1) is 17.4. The van der Waals surface area contributed by atoms with Crippen molar-refractivity contribution in [3.8, 4) is 0 Å². The van der Waals surface area contributed by atoms with Crippen molar-refractivity contribution in [3.63, 3.8) is 0 Å². The summed E-state index contributed by atoms with van der Waals surface area (Å²) in [5, 5.41) is 0.395. The fraction of sp³-hybridized carbons (Fsp3) is 0.688. The maximum Gasteiger partial charge on any atom is 0.251 e. The fourth-order valence-electron chi connectivity index (χ4n) is 3.32. The van der Waals surface area contributed by atoms with E-state index < -0.39 is 6.10 Å². The van der Waals surface area contributed by atoms with Gasteiger partial charge in [-0.2, -0.15) is 0 Å². The van der Waals surface area contributed by atoms with E-state index in [9.17, 15) is 4.79 Å². The van der Waals surface area contributed by atoms with Crippen LogP contribution in [0.1, 0.15) is 19.8 Å². The lowest BCUT2D eigenvalue weighted by atomic mass is 9.89. The number of hydrogen-bond donors (Lipinski definition) is 0. The summed E-state index contributed by atoms with van der Waals surface area (Å²) >= 11 is 5.92. The summed E-state index contributed by atoms with van der Waals surface area (Å²) in [4.78, 5) is 24.8. The molecule has 1 aromatic rings. The molecule has 7 nitrogen and oxygen atoms in total. The first-order valence-corrected chi connectivity index (χ1v) is 8.59. The van der Waals surface area contributed by atoms with Gasteiger partial charge >= 0.3 is 0 Å². The van der Waals surface area contributed by atoms with E-state index in [0.29, 0.717) is 24.8 Å². The van der Waals surface area contributed by atoms with Gasteiger partial charge in [0.25, 0.3) is 5.91 Å². The lowest BCUT2D eigenvalue weighted by Gasteiger charge is -2.47. The van der Waals surface area contributed by atoms with Crippen LogP contribution in [0.25, 0.3) is 0 Å². The van der Waals surface area contributed by atoms with E-state index in [1.54, 1.807) is 20.2 Å². The molecule has 2 fully saturated rings. The highest BCUT2D eigenvalue weighted by Gasteiger charge is 2.41. The lowest BCUT2D eigenvalue weighted by molar-refractivity contribution is -0.162. The SMILES string of the molecule is COC(C)C(=O)N1CCOC2(CCN(c3cncc(Cl)n3)CC2)C1. The number of methoxy groups -OCH3 is 1. The van der Waals surface area contributed by atoms with E-state index in [1.165, 1.54) is 6.20 Å². The average Bonchev–Trinajstić information content (AvgIpc) is 2.61. The summed E-state index contributed by atoms with van der Waals surface area (Å²) in [5.74, 6) is 0.817. The standard InChI is InChI=1S/C16H23ClN4O3/c1-12(23-2)15(22)21-7-8-24-16(11-21)3-5-20(6-4-16)14-10-18-9-13(17)19-14/h9-10,12H,3-8,11H2,1-2H3. The normalized spacial score (nSPS) is 21.8. The van der Waals surface area contributed by atoms with Crippen LogP contribution >= 0.6 is 11.6 Å². The van der Waals surface area contributed by atoms with Gasteiger partial charge in [-0.05, 0) is 19.8 Å². The molecule has 0 saturated carbocycles. The molecule has 24 heavy (non-hydrogen) atoms. The Labute approximate surface area is 146 Å². The molecule has 0 aliphatic carbocycles. The number of halogens is 1. The summed E-state index contributed by atoms with van der Waals surface area (Å²) in [7, 11) is 1.56. The summed E-state index contributed by atoms with van der Waals surface area (Å²) in [5.41, 5.74) is -0.274. The molecule has 0 N–H and O–H groups in total. The molecule has 1 unspecified atom stereocenters. The van der Waals surface area contributed by atoms with Crippen LogP contribution in [-0.2, 0) is 14.3 Å². The third-order valence-corrected chi connectivity index (χ3v) is 5.03. The van der Waals surface area contributed by atoms with Crippen LogP contribution in [0.5, 0.6) is 0 Å². The van der Waals surface area contributed by atoms with E-state index in [0.717, 1.165) is 31.7 Å². The molecule has 1 amide bonds. The molecule has 0 aromatic carbocycles. The molecule has 1 aromatic heterocycles. The first-order chi connectivity index (χ1) is 11.5. The van der Waals surface area contributed by atoms with E-state index >= 15 is 0 Å². The minimum absolute atomic E-state index is 0.0308.